The number of hydrogen-bond donors (Lipinski definition) is 2. The summed E-state index contributed by atoms with van der Waals surface area (Å²) in [5.41, 5.74) is 6.30. The molecule has 1 amide bonds. The molecule has 0 atom stereocenters. The van der Waals surface area contributed by atoms with Gasteiger partial charge in [-0.15, -0.1) is 0 Å². The average molecular weight is 220 g/mol. The van der Waals surface area contributed by atoms with Gasteiger partial charge in [-0.2, -0.15) is 0 Å². The Kier molecular flexibility index (Phi) is 3.29. The third kappa shape index (κ3) is 3.15. The second-order valence-corrected chi connectivity index (χ2v) is 3.98. The molecule has 0 unspecified atom stereocenters. The molecule has 4 nitrogen and oxygen atoms in total. The molecule has 0 saturated heterocycles. The van der Waals surface area contributed by atoms with E-state index >= 15 is 0 Å². The van der Waals surface area contributed by atoms with E-state index in [0.29, 0.717) is 30.5 Å². The van der Waals surface area contributed by atoms with Gasteiger partial charge in [-0.25, -0.2) is 0 Å². The van der Waals surface area contributed by atoms with Crippen LogP contribution in [-0.4, -0.2) is 18.6 Å². The van der Waals surface area contributed by atoms with Gasteiger partial charge < -0.3 is 15.8 Å². The molecule has 1 aliphatic rings. The van der Waals surface area contributed by atoms with Crippen molar-refractivity contribution >= 4 is 11.6 Å². The zero-order valence-corrected chi connectivity index (χ0v) is 9.11. The van der Waals surface area contributed by atoms with Gasteiger partial charge in [0.1, 0.15) is 5.75 Å². The Morgan fingerprint density at radius 1 is 1.44 bits per heavy atom. The van der Waals surface area contributed by atoms with Gasteiger partial charge in [0, 0.05) is 6.04 Å². The van der Waals surface area contributed by atoms with E-state index in [-0.39, 0.29) is 5.91 Å². The van der Waals surface area contributed by atoms with Crippen LogP contribution in [0.15, 0.2) is 24.3 Å². The standard InChI is InChI=1S/C12H16N2O2/c13-10-3-1-2-4-11(10)16-8-7-12(15)14-9-5-6-9/h1-4,9H,5-8,13H2,(H,14,15). The summed E-state index contributed by atoms with van der Waals surface area (Å²) in [4.78, 5) is 11.3. The first-order valence-corrected chi connectivity index (χ1v) is 5.52. The van der Waals surface area contributed by atoms with Gasteiger partial charge in [0.2, 0.25) is 5.91 Å². The van der Waals surface area contributed by atoms with Crippen LogP contribution in [0.3, 0.4) is 0 Å². The number of rotatable bonds is 5. The highest BCUT2D eigenvalue weighted by atomic mass is 16.5. The molecule has 86 valence electrons. The summed E-state index contributed by atoms with van der Waals surface area (Å²) >= 11 is 0. The molecule has 0 spiro atoms. The van der Waals surface area contributed by atoms with E-state index in [0.717, 1.165) is 12.8 Å². The molecule has 1 aromatic rings. The van der Waals surface area contributed by atoms with Crippen molar-refractivity contribution in [2.24, 2.45) is 0 Å². The van der Waals surface area contributed by atoms with Crippen LogP contribution in [0.4, 0.5) is 5.69 Å². The Hall–Kier alpha value is -1.71. The maximum absolute atomic E-state index is 11.3. The van der Waals surface area contributed by atoms with Crippen LogP contribution in [0.25, 0.3) is 0 Å². The molecule has 16 heavy (non-hydrogen) atoms. The first-order valence-electron chi connectivity index (χ1n) is 5.52. The summed E-state index contributed by atoms with van der Waals surface area (Å²) in [7, 11) is 0. The number of amides is 1. The molecule has 3 N–H and O–H groups in total. The SMILES string of the molecule is Nc1ccccc1OCCC(=O)NC1CC1. The van der Waals surface area contributed by atoms with Gasteiger partial charge in [0.05, 0.1) is 18.7 Å². The second kappa shape index (κ2) is 4.88. The summed E-state index contributed by atoms with van der Waals surface area (Å²) < 4.78 is 5.42. The monoisotopic (exact) mass is 220 g/mol. The average Bonchev–Trinajstić information content (AvgIpc) is 3.05. The first kappa shape index (κ1) is 10.8. The van der Waals surface area contributed by atoms with Gasteiger partial charge in [-0.3, -0.25) is 4.79 Å². The van der Waals surface area contributed by atoms with Crippen molar-refractivity contribution in [1.29, 1.82) is 0 Å². The highest BCUT2D eigenvalue weighted by molar-refractivity contribution is 5.76. The lowest BCUT2D eigenvalue weighted by molar-refractivity contribution is -0.121. The summed E-state index contributed by atoms with van der Waals surface area (Å²) in [6.07, 6.45) is 2.60. The van der Waals surface area contributed by atoms with E-state index in [9.17, 15) is 4.79 Å². The quantitative estimate of drug-likeness (QED) is 0.735. The maximum atomic E-state index is 11.3. The number of ether oxygens (including phenoxy) is 1. The van der Waals surface area contributed by atoms with Crippen molar-refractivity contribution in [2.45, 2.75) is 25.3 Å². The van der Waals surface area contributed by atoms with Crippen LogP contribution in [0.2, 0.25) is 0 Å². The number of nitrogens with two attached hydrogens (primary N) is 1. The fourth-order valence-electron chi connectivity index (χ4n) is 1.39. The van der Waals surface area contributed by atoms with Gasteiger partial charge in [0.25, 0.3) is 0 Å². The van der Waals surface area contributed by atoms with E-state index in [1.807, 2.05) is 12.1 Å². The Morgan fingerprint density at radius 2 is 2.19 bits per heavy atom. The third-order valence-electron chi connectivity index (χ3n) is 2.45. The Balaban J connectivity index is 1.70. The molecular weight excluding hydrogens is 204 g/mol. The first-order chi connectivity index (χ1) is 7.75. The lowest BCUT2D eigenvalue weighted by Crippen LogP contribution is -2.26. The summed E-state index contributed by atoms with van der Waals surface area (Å²) in [6, 6.07) is 7.69. The van der Waals surface area contributed by atoms with Crippen LogP contribution < -0.4 is 15.8 Å². The van der Waals surface area contributed by atoms with E-state index in [2.05, 4.69) is 5.32 Å². The molecule has 1 fully saturated rings. The number of hydrogen-bond acceptors (Lipinski definition) is 3. The van der Waals surface area contributed by atoms with Crippen molar-refractivity contribution in [3.8, 4) is 5.75 Å². The minimum absolute atomic E-state index is 0.0528. The number of benzene rings is 1. The van der Waals surface area contributed by atoms with E-state index < -0.39 is 0 Å². The number of carbonyl (C=O) groups is 1. The molecule has 0 bridgehead atoms. The number of nitrogens with one attached hydrogen (secondary N) is 1. The maximum Gasteiger partial charge on any atom is 0.223 e. The highest BCUT2D eigenvalue weighted by Crippen LogP contribution is 2.20. The highest BCUT2D eigenvalue weighted by Gasteiger charge is 2.22. The van der Waals surface area contributed by atoms with Crippen LogP contribution in [0, 0.1) is 0 Å². The molecule has 0 aromatic heterocycles. The van der Waals surface area contributed by atoms with Crippen LogP contribution in [0.5, 0.6) is 5.75 Å². The number of para-hydroxylation sites is 2. The fraction of sp³-hybridized carbons (Fsp3) is 0.417. The Labute approximate surface area is 94.8 Å². The van der Waals surface area contributed by atoms with E-state index in [4.69, 9.17) is 10.5 Å². The number of anilines is 1. The topological polar surface area (TPSA) is 64.3 Å². The molecule has 1 saturated carbocycles. The molecule has 4 heteroatoms. The molecule has 0 heterocycles. The van der Waals surface area contributed by atoms with Crippen LogP contribution in [0.1, 0.15) is 19.3 Å². The van der Waals surface area contributed by atoms with Gasteiger partial charge in [-0.1, -0.05) is 12.1 Å². The largest absolute Gasteiger partial charge is 0.491 e. The minimum atomic E-state index is 0.0528. The third-order valence-corrected chi connectivity index (χ3v) is 2.45. The van der Waals surface area contributed by atoms with Crippen molar-refractivity contribution in [1.82, 2.24) is 5.32 Å². The smallest absolute Gasteiger partial charge is 0.223 e. The second-order valence-electron chi connectivity index (χ2n) is 3.98. The van der Waals surface area contributed by atoms with Crippen molar-refractivity contribution < 1.29 is 9.53 Å². The van der Waals surface area contributed by atoms with Crippen molar-refractivity contribution in [3.05, 3.63) is 24.3 Å². The zero-order chi connectivity index (χ0) is 11.4. The summed E-state index contributed by atoms with van der Waals surface area (Å²) in [6.45, 7) is 0.368. The summed E-state index contributed by atoms with van der Waals surface area (Å²) in [5.74, 6) is 0.693. The lowest BCUT2D eigenvalue weighted by Gasteiger charge is -2.08. The minimum Gasteiger partial charge on any atom is -0.491 e. The molecule has 0 radical (unpaired) electrons. The van der Waals surface area contributed by atoms with Crippen LogP contribution >= 0.6 is 0 Å². The predicted octanol–water partition coefficient (Wildman–Crippen LogP) is 1.32. The van der Waals surface area contributed by atoms with E-state index in [1.165, 1.54) is 0 Å². The fourth-order valence-corrected chi connectivity index (χ4v) is 1.39. The Bertz CT molecular complexity index is 375. The number of carbonyl (C=O) groups excluding carboxylic acids is 1. The molecule has 1 aliphatic carbocycles. The van der Waals surface area contributed by atoms with Crippen molar-refractivity contribution in [3.63, 3.8) is 0 Å². The molecule has 0 aliphatic heterocycles. The molecular formula is C12H16N2O2. The van der Waals surface area contributed by atoms with Crippen molar-refractivity contribution in [2.75, 3.05) is 12.3 Å². The van der Waals surface area contributed by atoms with Crippen LogP contribution in [-0.2, 0) is 4.79 Å². The normalized spacial score (nSPS) is 14.5. The van der Waals surface area contributed by atoms with Gasteiger partial charge in [0.15, 0.2) is 0 Å². The number of nitrogen functional groups attached to an aromatic ring is 1. The molecule has 1 aromatic carbocycles. The van der Waals surface area contributed by atoms with Gasteiger partial charge in [-0.05, 0) is 25.0 Å². The van der Waals surface area contributed by atoms with E-state index in [1.54, 1.807) is 12.1 Å². The molecule has 2 rings (SSSR count). The van der Waals surface area contributed by atoms with Gasteiger partial charge >= 0.3 is 0 Å². The predicted molar refractivity (Wildman–Crippen MR) is 62.1 cm³/mol. The lowest BCUT2D eigenvalue weighted by atomic mass is 10.3. The Morgan fingerprint density at radius 3 is 2.88 bits per heavy atom. The summed E-state index contributed by atoms with van der Waals surface area (Å²) in [5, 5.41) is 2.90. The zero-order valence-electron chi connectivity index (χ0n) is 9.11.